The fourth-order valence-corrected chi connectivity index (χ4v) is 3.25. The second-order valence-electron chi connectivity index (χ2n) is 6.77. The third kappa shape index (κ3) is 5.89. The molecule has 1 rings (SSSR count). The van der Waals surface area contributed by atoms with E-state index in [9.17, 15) is 14.1 Å². The van der Waals surface area contributed by atoms with E-state index in [0.29, 0.717) is 18.5 Å². The zero-order valence-corrected chi connectivity index (χ0v) is 14.9. The molecule has 0 saturated heterocycles. The highest BCUT2D eigenvalue weighted by molar-refractivity contribution is 7.85. The highest BCUT2D eigenvalue weighted by Crippen LogP contribution is 2.21. The van der Waals surface area contributed by atoms with Gasteiger partial charge in [0.15, 0.2) is 0 Å². The zero-order valence-electron chi connectivity index (χ0n) is 14.1. The molecule has 1 aromatic rings. The molecule has 2 atom stereocenters. The summed E-state index contributed by atoms with van der Waals surface area (Å²) >= 11 is 0. The standard InChI is InChI=1S/C17H27NO3S/c1-12(2)22(21)15-8-6-14(7-9-15)16(20)18-11-17(4,5)10-13(3)19/h6-9,12-13,19H,10-11H2,1-5H3,(H,18,20). The number of amides is 1. The zero-order chi connectivity index (χ0) is 16.9. The third-order valence-electron chi connectivity index (χ3n) is 3.35. The van der Waals surface area contributed by atoms with Crippen molar-refractivity contribution in [3.63, 3.8) is 0 Å². The van der Waals surface area contributed by atoms with Crippen LogP contribution in [0.25, 0.3) is 0 Å². The lowest BCUT2D eigenvalue weighted by Gasteiger charge is -2.26. The molecule has 0 aromatic heterocycles. The van der Waals surface area contributed by atoms with Crippen molar-refractivity contribution in [2.45, 2.75) is 57.3 Å². The lowest BCUT2D eigenvalue weighted by Crippen LogP contribution is -2.35. The second-order valence-corrected chi connectivity index (χ2v) is 8.78. The van der Waals surface area contributed by atoms with Gasteiger partial charge in [-0.1, -0.05) is 27.7 Å². The van der Waals surface area contributed by atoms with Crippen LogP contribution in [0, 0.1) is 5.41 Å². The van der Waals surface area contributed by atoms with E-state index in [1.54, 1.807) is 31.2 Å². The summed E-state index contributed by atoms with van der Waals surface area (Å²) in [5, 5.41) is 12.4. The highest BCUT2D eigenvalue weighted by Gasteiger charge is 2.21. The molecular formula is C17H27NO3S. The quantitative estimate of drug-likeness (QED) is 0.810. The molecule has 4 nitrogen and oxygen atoms in total. The Morgan fingerprint density at radius 3 is 2.23 bits per heavy atom. The van der Waals surface area contributed by atoms with Crippen LogP contribution in [0.1, 0.15) is 51.4 Å². The van der Waals surface area contributed by atoms with Gasteiger partial charge in [-0.2, -0.15) is 0 Å². The van der Waals surface area contributed by atoms with Crippen LogP contribution in [-0.4, -0.2) is 33.1 Å². The van der Waals surface area contributed by atoms with E-state index in [0.717, 1.165) is 4.90 Å². The molecule has 2 N–H and O–H groups in total. The molecule has 0 spiro atoms. The molecule has 0 fully saturated rings. The van der Waals surface area contributed by atoms with Crippen molar-refractivity contribution >= 4 is 16.7 Å². The monoisotopic (exact) mass is 325 g/mol. The molecule has 0 saturated carbocycles. The number of nitrogens with one attached hydrogen (secondary N) is 1. The van der Waals surface area contributed by atoms with Crippen LogP contribution < -0.4 is 5.32 Å². The molecule has 5 heteroatoms. The van der Waals surface area contributed by atoms with Gasteiger partial charge >= 0.3 is 0 Å². The normalized spacial score (nSPS) is 14.7. The topological polar surface area (TPSA) is 66.4 Å². The van der Waals surface area contributed by atoms with Crippen molar-refractivity contribution in [3.05, 3.63) is 29.8 Å². The summed E-state index contributed by atoms with van der Waals surface area (Å²) < 4.78 is 12.0. The first kappa shape index (κ1) is 18.8. The van der Waals surface area contributed by atoms with E-state index in [1.807, 2.05) is 27.7 Å². The van der Waals surface area contributed by atoms with Gasteiger partial charge in [-0.15, -0.1) is 0 Å². The lowest BCUT2D eigenvalue weighted by atomic mass is 9.87. The summed E-state index contributed by atoms with van der Waals surface area (Å²) in [6.07, 6.45) is 0.233. The number of benzene rings is 1. The van der Waals surface area contributed by atoms with E-state index < -0.39 is 16.9 Å². The molecule has 0 aliphatic heterocycles. The van der Waals surface area contributed by atoms with Crippen molar-refractivity contribution in [1.82, 2.24) is 5.32 Å². The van der Waals surface area contributed by atoms with Crippen molar-refractivity contribution in [2.75, 3.05) is 6.54 Å². The van der Waals surface area contributed by atoms with Crippen molar-refractivity contribution in [1.29, 1.82) is 0 Å². The molecular weight excluding hydrogens is 298 g/mol. The Morgan fingerprint density at radius 1 is 1.23 bits per heavy atom. The van der Waals surface area contributed by atoms with Gasteiger partial charge in [0.1, 0.15) is 0 Å². The van der Waals surface area contributed by atoms with Gasteiger partial charge in [0.05, 0.1) is 16.9 Å². The molecule has 22 heavy (non-hydrogen) atoms. The first-order valence-electron chi connectivity index (χ1n) is 7.59. The van der Waals surface area contributed by atoms with Crippen molar-refractivity contribution in [2.24, 2.45) is 5.41 Å². The Bertz CT molecular complexity index is 521. The van der Waals surface area contributed by atoms with Gasteiger partial charge in [-0.05, 0) is 43.0 Å². The Kier molecular flexibility index (Phi) is 6.75. The van der Waals surface area contributed by atoms with Crippen LogP contribution in [0.3, 0.4) is 0 Å². The molecule has 0 radical (unpaired) electrons. The summed E-state index contributed by atoms with van der Waals surface area (Å²) in [5.41, 5.74) is 0.389. The summed E-state index contributed by atoms with van der Waals surface area (Å²) in [4.78, 5) is 12.9. The van der Waals surface area contributed by atoms with Crippen LogP contribution in [0.15, 0.2) is 29.2 Å². The summed E-state index contributed by atoms with van der Waals surface area (Å²) in [7, 11) is -1.04. The van der Waals surface area contributed by atoms with E-state index >= 15 is 0 Å². The molecule has 0 bridgehead atoms. The average molecular weight is 325 g/mol. The minimum absolute atomic E-state index is 0.0564. The van der Waals surface area contributed by atoms with Gasteiger partial charge in [-0.25, -0.2) is 0 Å². The second kappa shape index (κ2) is 7.88. The lowest BCUT2D eigenvalue weighted by molar-refractivity contribution is 0.0902. The van der Waals surface area contributed by atoms with Gasteiger partial charge in [0.25, 0.3) is 5.91 Å². The van der Waals surface area contributed by atoms with Crippen LogP contribution in [0.5, 0.6) is 0 Å². The maximum absolute atomic E-state index is 12.1. The van der Waals surface area contributed by atoms with E-state index in [4.69, 9.17) is 0 Å². The third-order valence-corrected chi connectivity index (χ3v) is 4.95. The molecule has 0 heterocycles. The number of hydrogen-bond acceptors (Lipinski definition) is 3. The molecule has 124 valence electrons. The number of carbonyl (C=O) groups is 1. The minimum atomic E-state index is -1.04. The smallest absolute Gasteiger partial charge is 0.251 e. The van der Waals surface area contributed by atoms with Crippen LogP contribution in [0.2, 0.25) is 0 Å². The Morgan fingerprint density at radius 2 is 1.77 bits per heavy atom. The number of hydrogen-bond donors (Lipinski definition) is 2. The largest absolute Gasteiger partial charge is 0.393 e. The molecule has 0 aliphatic rings. The van der Waals surface area contributed by atoms with E-state index in [2.05, 4.69) is 5.32 Å². The maximum atomic E-state index is 12.1. The predicted molar refractivity (Wildman–Crippen MR) is 90.4 cm³/mol. The molecule has 1 amide bonds. The van der Waals surface area contributed by atoms with Crippen LogP contribution in [-0.2, 0) is 10.8 Å². The Balaban J connectivity index is 2.65. The van der Waals surface area contributed by atoms with Crippen molar-refractivity contribution in [3.8, 4) is 0 Å². The molecule has 0 aliphatic carbocycles. The summed E-state index contributed by atoms with van der Waals surface area (Å²) in [5.74, 6) is -0.152. The average Bonchev–Trinajstić information content (AvgIpc) is 2.42. The summed E-state index contributed by atoms with van der Waals surface area (Å²) in [6, 6.07) is 6.89. The van der Waals surface area contributed by atoms with Crippen LogP contribution >= 0.6 is 0 Å². The van der Waals surface area contributed by atoms with Crippen molar-refractivity contribution < 1.29 is 14.1 Å². The summed E-state index contributed by atoms with van der Waals surface area (Å²) in [6.45, 7) is 10.1. The Labute approximate surface area is 135 Å². The van der Waals surface area contributed by atoms with Crippen LogP contribution in [0.4, 0.5) is 0 Å². The highest BCUT2D eigenvalue weighted by atomic mass is 32.2. The maximum Gasteiger partial charge on any atom is 0.251 e. The van der Waals surface area contributed by atoms with E-state index in [1.165, 1.54) is 0 Å². The molecule has 1 aromatic carbocycles. The number of carbonyl (C=O) groups excluding carboxylic acids is 1. The minimum Gasteiger partial charge on any atom is -0.393 e. The van der Waals surface area contributed by atoms with Gasteiger partial charge < -0.3 is 10.4 Å². The van der Waals surface area contributed by atoms with Gasteiger partial charge in [-0.3, -0.25) is 9.00 Å². The fraction of sp³-hybridized carbons (Fsp3) is 0.588. The Hall–Kier alpha value is -1.20. The first-order chi connectivity index (χ1) is 10.1. The predicted octanol–water partition coefficient (Wildman–Crippen LogP) is 2.73. The fourth-order valence-electron chi connectivity index (χ4n) is 2.31. The first-order valence-corrected chi connectivity index (χ1v) is 8.80. The SMILES string of the molecule is CC(O)CC(C)(C)CNC(=O)c1ccc(S(=O)C(C)C)cc1. The van der Waals surface area contributed by atoms with Gasteiger partial charge in [0, 0.05) is 22.3 Å². The number of rotatable bonds is 7. The van der Waals surface area contributed by atoms with E-state index in [-0.39, 0.29) is 16.6 Å². The molecule has 2 unspecified atom stereocenters. The van der Waals surface area contributed by atoms with Gasteiger partial charge in [0.2, 0.25) is 0 Å². The number of aliphatic hydroxyl groups is 1. The number of aliphatic hydroxyl groups excluding tert-OH is 1.